The van der Waals surface area contributed by atoms with Gasteiger partial charge in [0.2, 0.25) is 0 Å². The molecule has 0 bridgehead atoms. The van der Waals surface area contributed by atoms with Crippen LogP contribution in [-0.4, -0.2) is 28.6 Å². The molecule has 1 saturated heterocycles. The van der Waals surface area contributed by atoms with Crippen molar-refractivity contribution >= 4 is 0 Å². The summed E-state index contributed by atoms with van der Waals surface area (Å²) in [5, 5.41) is 4.53. The second-order valence-electron chi connectivity index (χ2n) is 6.18. The van der Waals surface area contributed by atoms with Crippen molar-refractivity contribution in [1.29, 1.82) is 0 Å². The molecule has 1 aromatic rings. The zero-order chi connectivity index (χ0) is 15.0. The van der Waals surface area contributed by atoms with Gasteiger partial charge in [-0.25, -0.2) is 0 Å². The summed E-state index contributed by atoms with van der Waals surface area (Å²) in [6.07, 6.45) is 2.92. The Hall–Kier alpha value is -0.870. The van der Waals surface area contributed by atoms with Crippen LogP contribution in [0.5, 0.6) is 0 Å². The van der Waals surface area contributed by atoms with E-state index in [2.05, 4.69) is 37.5 Å². The summed E-state index contributed by atoms with van der Waals surface area (Å²) < 4.78 is 14.3. The molecule has 0 aliphatic carbocycles. The van der Waals surface area contributed by atoms with Crippen LogP contribution < -0.4 is 0 Å². The van der Waals surface area contributed by atoms with Gasteiger partial charge >= 0.3 is 0 Å². The Morgan fingerprint density at radius 1 is 1.35 bits per heavy atom. The van der Waals surface area contributed by atoms with Crippen LogP contribution in [0.15, 0.2) is 6.20 Å². The largest absolute Gasteiger partial charge is 0.378 e. The van der Waals surface area contributed by atoms with Gasteiger partial charge in [-0.2, -0.15) is 5.10 Å². The summed E-state index contributed by atoms with van der Waals surface area (Å²) in [5.74, 6) is 0.407. The minimum absolute atomic E-state index is 0.176. The quantitative estimate of drug-likeness (QED) is 0.792. The molecular weight excluding hydrogens is 252 g/mol. The normalized spacial score (nSPS) is 32.1. The van der Waals surface area contributed by atoms with E-state index in [1.165, 1.54) is 11.3 Å². The molecule has 20 heavy (non-hydrogen) atoms. The number of aromatic nitrogens is 2. The first-order valence-corrected chi connectivity index (χ1v) is 7.78. The Labute approximate surface area is 122 Å². The lowest BCUT2D eigenvalue weighted by Gasteiger charge is -2.47. The summed E-state index contributed by atoms with van der Waals surface area (Å²) in [6, 6.07) is 0. The average molecular weight is 280 g/mol. The second-order valence-corrected chi connectivity index (χ2v) is 6.18. The van der Waals surface area contributed by atoms with Gasteiger partial charge in [-0.05, 0) is 25.3 Å². The molecule has 1 spiro atoms. The number of ether oxygens (including phenoxy) is 2. The van der Waals surface area contributed by atoms with E-state index >= 15 is 0 Å². The van der Waals surface area contributed by atoms with Crippen LogP contribution in [0, 0.1) is 12.8 Å². The van der Waals surface area contributed by atoms with Crippen LogP contribution in [0.3, 0.4) is 0 Å². The fourth-order valence-corrected chi connectivity index (χ4v) is 3.23. The number of hydrogen-bond acceptors (Lipinski definition) is 3. The molecule has 3 heterocycles. The van der Waals surface area contributed by atoms with E-state index in [9.17, 15) is 0 Å². The Kier molecular flexibility index (Phi) is 4.26. The van der Waals surface area contributed by atoms with E-state index < -0.39 is 0 Å². The predicted molar refractivity (Wildman–Crippen MR) is 79.8 cm³/mol. The van der Waals surface area contributed by atoms with Crippen molar-refractivity contribution in [2.45, 2.75) is 65.7 Å². The van der Waals surface area contributed by atoms with Crippen molar-refractivity contribution in [2.24, 2.45) is 5.92 Å². The molecule has 0 amide bonds. The molecule has 0 radical (unpaired) electrons. The van der Waals surface area contributed by atoms with Gasteiger partial charge in [0.1, 0.15) is 11.2 Å². The number of rotatable bonds is 1. The molecule has 3 rings (SSSR count). The first kappa shape index (κ1) is 15.5. The average Bonchev–Trinajstić information content (AvgIpc) is 3.00. The molecule has 114 valence electrons. The van der Waals surface area contributed by atoms with Crippen molar-refractivity contribution in [1.82, 2.24) is 9.78 Å². The number of nitrogens with zero attached hydrogens (tertiary/aromatic N) is 2. The van der Waals surface area contributed by atoms with E-state index in [1.54, 1.807) is 0 Å². The third-order valence-corrected chi connectivity index (χ3v) is 4.53. The van der Waals surface area contributed by atoms with Crippen LogP contribution in [0.4, 0.5) is 0 Å². The first-order valence-electron chi connectivity index (χ1n) is 7.78. The minimum atomic E-state index is -0.271. The van der Waals surface area contributed by atoms with Crippen molar-refractivity contribution < 1.29 is 9.47 Å². The lowest BCUT2D eigenvalue weighted by atomic mass is 9.83. The molecule has 0 N–H and O–H groups in total. The van der Waals surface area contributed by atoms with Crippen molar-refractivity contribution in [3.63, 3.8) is 0 Å². The SMILES string of the molecule is CC.Cc1cnn2c1C(C)(C(C)C)OC1(CCOC1)C2. The lowest BCUT2D eigenvalue weighted by Crippen LogP contribution is -2.53. The molecule has 1 aromatic heterocycles. The van der Waals surface area contributed by atoms with Crippen molar-refractivity contribution in [2.75, 3.05) is 13.2 Å². The smallest absolute Gasteiger partial charge is 0.114 e. The van der Waals surface area contributed by atoms with Crippen LogP contribution >= 0.6 is 0 Å². The molecule has 0 aromatic carbocycles. The zero-order valence-corrected chi connectivity index (χ0v) is 13.7. The Bertz CT molecular complexity index is 461. The predicted octanol–water partition coefficient (Wildman–Crippen LogP) is 3.28. The van der Waals surface area contributed by atoms with E-state index in [1.807, 2.05) is 20.0 Å². The van der Waals surface area contributed by atoms with Gasteiger partial charge in [0.25, 0.3) is 0 Å². The molecular formula is C16H28N2O2. The van der Waals surface area contributed by atoms with Gasteiger partial charge in [-0.1, -0.05) is 27.7 Å². The van der Waals surface area contributed by atoms with E-state index in [0.717, 1.165) is 19.6 Å². The maximum Gasteiger partial charge on any atom is 0.114 e. The third-order valence-electron chi connectivity index (χ3n) is 4.53. The molecule has 4 nitrogen and oxygen atoms in total. The molecule has 2 aliphatic heterocycles. The molecule has 1 fully saturated rings. The molecule has 4 heteroatoms. The highest BCUT2D eigenvalue weighted by molar-refractivity contribution is 5.26. The Balaban J connectivity index is 0.000000704. The van der Waals surface area contributed by atoms with Crippen molar-refractivity contribution in [3.8, 4) is 0 Å². The van der Waals surface area contributed by atoms with Crippen LogP contribution in [0.2, 0.25) is 0 Å². The van der Waals surface area contributed by atoms with E-state index in [-0.39, 0.29) is 11.2 Å². The fraction of sp³-hybridized carbons (Fsp3) is 0.812. The highest BCUT2D eigenvalue weighted by Gasteiger charge is 2.51. The van der Waals surface area contributed by atoms with Gasteiger partial charge in [0.15, 0.2) is 0 Å². The molecule has 2 aliphatic rings. The summed E-state index contributed by atoms with van der Waals surface area (Å²) in [5.41, 5.74) is 2.01. The maximum atomic E-state index is 6.56. The summed E-state index contributed by atoms with van der Waals surface area (Å²) in [4.78, 5) is 0. The van der Waals surface area contributed by atoms with Gasteiger partial charge in [0, 0.05) is 13.0 Å². The standard InChI is InChI=1S/C14H22N2O2.C2H6/c1-10(2)13(4)12-11(3)7-15-16(12)8-14(18-13)5-6-17-9-14;1-2/h7,10H,5-6,8-9H2,1-4H3;1-2H3. The van der Waals surface area contributed by atoms with Gasteiger partial charge < -0.3 is 9.47 Å². The fourth-order valence-electron chi connectivity index (χ4n) is 3.23. The first-order chi connectivity index (χ1) is 9.47. The topological polar surface area (TPSA) is 36.3 Å². The third kappa shape index (κ3) is 2.29. The number of hydrogen-bond donors (Lipinski definition) is 0. The maximum absolute atomic E-state index is 6.56. The second kappa shape index (κ2) is 5.49. The van der Waals surface area contributed by atoms with Crippen LogP contribution in [0.25, 0.3) is 0 Å². The van der Waals surface area contributed by atoms with Crippen LogP contribution in [-0.2, 0) is 21.6 Å². The highest BCUT2D eigenvalue weighted by Crippen LogP contribution is 2.45. The zero-order valence-electron chi connectivity index (χ0n) is 13.7. The molecule has 2 atom stereocenters. The summed E-state index contributed by atoms with van der Waals surface area (Å²) in [7, 11) is 0. The van der Waals surface area contributed by atoms with E-state index in [0.29, 0.717) is 12.5 Å². The van der Waals surface area contributed by atoms with Gasteiger partial charge in [0.05, 0.1) is 25.0 Å². The lowest BCUT2D eigenvalue weighted by molar-refractivity contribution is -0.203. The number of aryl methyl sites for hydroxylation is 1. The van der Waals surface area contributed by atoms with Crippen molar-refractivity contribution in [3.05, 3.63) is 17.5 Å². The minimum Gasteiger partial charge on any atom is -0.378 e. The highest BCUT2D eigenvalue weighted by atomic mass is 16.6. The van der Waals surface area contributed by atoms with E-state index in [4.69, 9.17) is 9.47 Å². The molecule has 2 unspecified atom stereocenters. The summed E-state index contributed by atoms with van der Waals surface area (Å²) >= 11 is 0. The Morgan fingerprint density at radius 3 is 2.60 bits per heavy atom. The summed E-state index contributed by atoms with van der Waals surface area (Å²) in [6.45, 7) is 15.0. The van der Waals surface area contributed by atoms with Gasteiger partial charge in [-0.15, -0.1) is 0 Å². The van der Waals surface area contributed by atoms with Gasteiger partial charge in [-0.3, -0.25) is 4.68 Å². The van der Waals surface area contributed by atoms with Crippen LogP contribution in [0.1, 0.15) is 52.3 Å². The molecule has 0 saturated carbocycles. The Morgan fingerprint density at radius 2 is 2.05 bits per heavy atom. The number of fused-ring (bicyclic) bond motifs is 1. The monoisotopic (exact) mass is 280 g/mol.